The van der Waals surface area contributed by atoms with Crippen LogP contribution in [0.1, 0.15) is 0 Å². The quantitative estimate of drug-likeness (QED) is 0.588. The van der Waals surface area contributed by atoms with Gasteiger partial charge in [0.1, 0.15) is 0 Å². The predicted molar refractivity (Wildman–Crippen MR) is 49.6 cm³/mol. The average molecular weight is 183 g/mol. The lowest BCUT2D eigenvalue weighted by Gasteiger charge is -1.49. The number of rotatable bonds is 0. The van der Waals surface area contributed by atoms with Crippen molar-refractivity contribution in [3.8, 4) is 0 Å². The molecule has 0 saturated carbocycles. The van der Waals surface area contributed by atoms with Crippen LogP contribution in [0.2, 0.25) is 0 Å². The lowest BCUT2D eigenvalue weighted by atomic mass is 10.6. The summed E-state index contributed by atoms with van der Waals surface area (Å²) < 4.78 is 19.0. The molecule has 2 nitrogen and oxygen atoms in total. The molecule has 0 saturated heterocycles. The molecular formula is C8H10BF2N2. The van der Waals surface area contributed by atoms with Gasteiger partial charge in [0.15, 0.2) is 0 Å². The van der Waals surface area contributed by atoms with Gasteiger partial charge >= 0.3 is 7.83 Å². The van der Waals surface area contributed by atoms with Crippen LogP contribution in [0.25, 0.3) is 0 Å². The summed E-state index contributed by atoms with van der Waals surface area (Å²) in [5.41, 5.74) is 0. The van der Waals surface area contributed by atoms with Gasteiger partial charge in [0, 0.05) is 24.8 Å². The minimum Gasteiger partial charge on any atom is -0.368 e. The van der Waals surface area contributed by atoms with Crippen molar-refractivity contribution in [1.29, 1.82) is 0 Å². The highest BCUT2D eigenvalue weighted by Gasteiger charge is 1.62. The number of hydrogen-bond acceptors (Lipinski definition) is 0. The van der Waals surface area contributed by atoms with Gasteiger partial charge in [0.25, 0.3) is 0 Å². The van der Waals surface area contributed by atoms with Crippen LogP contribution in [0.5, 0.6) is 0 Å². The SMILES string of the molecule is F[B]F.c1cc[nH]c1.c1cc[nH]c1. The Morgan fingerprint density at radius 1 is 0.692 bits per heavy atom. The van der Waals surface area contributed by atoms with Crippen LogP contribution in [-0.4, -0.2) is 17.8 Å². The first kappa shape index (κ1) is 11.5. The molecule has 2 aromatic heterocycles. The number of nitrogens with one attached hydrogen (secondary N) is 2. The summed E-state index contributed by atoms with van der Waals surface area (Å²) >= 11 is 0. The van der Waals surface area contributed by atoms with Gasteiger partial charge in [0.2, 0.25) is 0 Å². The third-order valence-electron chi connectivity index (χ3n) is 0.992. The van der Waals surface area contributed by atoms with E-state index in [2.05, 4.69) is 9.97 Å². The Balaban J connectivity index is 0.000000174. The summed E-state index contributed by atoms with van der Waals surface area (Å²) in [6.07, 6.45) is 7.50. The zero-order valence-corrected chi connectivity index (χ0v) is 6.95. The second-order valence-corrected chi connectivity index (χ2v) is 1.85. The van der Waals surface area contributed by atoms with Gasteiger partial charge in [-0.05, 0) is 24.3 Å². The van der Waals surface area contributed by atoms with Crippen molar-refractivity contribution < 1.29 is 8.63 Å². The molecule has 2 N–H and O–H groups in total. The number of halogens is 2. The maximum absolute atomic E-state index is 9.50. The Hall–Kier alpha value is -1.52. The molecule has 0 aromatic carbocycles. The van der Waals surface area contributed by atoms with Crippen molar-refractivity contribution >= 4 is 7.83 Å². The van der Waals surface area contributed by atoms with Crippen molar-refractivity contribution in [1.82, 2.24) is 9.97 Å². The van der Waals surface area contributed by atoms with Crippen LogP contribution in [0.4, 0.5) is 8.63 Å². The molecule has 1 radical (unpaired) electrons. The van der Waals surface area contributed by atoms with E-state index in [9.17, 15) is 8.63 Å². The van der Waals surface area contributed by atoms with Crippen LogP contribution in [-0.2, 0) is 0 Å². The zero-order valence-electron chi connectivity index (χ0n) is 6.95. The summed E-state index contributed by atoms with van der Waals surface area (Å²) in [7, 11) is -1.00. The monoisotopic (exact) mass is 183 g/mol. The van der Waals surface area contributed by atoms with Gasteiger partial charge in [-0.2, -0.15) is 0 Å². The van der Waals surface area contributed by atoms with E-state index in [1.807, 2.05) is 49.1 Å². The molecule has 0 amide bonds. The summed E-state index contributed by atoms with van der Waals surface area (Å²) in [6, 6.07) is 7.78. The topological polar surface area (TPSA) is 31.6 Å². The zero-order chi connectivity index (χ0) is 9.78. The van der Waals surface area contributed by atoms with E-state index in [0.717, 1.165) is 0 Å². The standard InChI is InChI=1S/2C4H5N.BF2/c2*1-2-4-5-3-1;2-1-3/h2*1-5H;. The van der Waals surface area contributed by atoms with Gasteiger partial charge < -0.3 is 9.97 Å². The summed E-state index contributed by atoms with van der Waals surface area (Å²) in [4.78, 5) is 5.72. The summed E-state index contributed by atoms with van der Waals surface area (Å²) in [5.74, 6) is 0. The van der Waals surface area contributed by atoms with Crippen molar-refractivity contribution in [2.45, 2.75) is 0 Å². The van der Waals surface area contributed by atoms with Crippen molar-refractivity contribution in [2.75, 3.05) is 0 Å². The van der Waals surface area contributed by atoms with Gasteiger partial charge in [-0.3, -0.25) is 8.63 Å². The van der Waals surface area contributed by atoms with Gasteiger partial charge in [-0.1, -0.05) is 0 Å². The highest BCUT2D eigenvalue weighted by molar-refractivity contribution is 6.15. The number of aromatic amines is 2. The van der Waals surface area contributed by atoms with Crippen molar-refractivity contribution in [3.05, 3.63) is 49.1 Å². The van der Waals surface area contributed by atoms with Crippen molar-refractivity contribution in [2.24, 2.45) is 0 Å². The molecule has 2 rings (SSSR count). The summed E-state index contributed by atoms with van der Waals surface area (Å²) in [6.45, 7) is 0. The molecule has 0 fully saturated rings. The Morgan fingerprint density at radius 2 is 0.923 bits per heavy atom. The Bertz CT molecular complexity index is 172. The van der Waals surface area contributed by atoms with Crippen LogP contribution in [0.15, 0.2) is 49.1 Å². The fraction of sp³-hybridized carbons (Fsp3) is 0. The smallest absolute Gasteiger partial charge is 0.368 e. The van der Waals surface area contributed by atoms with E-state index in [4.69, 9.17) is 0 Å². The second kappa shape index (κ2) is 10.5. The number of hydrogen-bond donors (Lipinski definition) is 2. The van der Waals surface area contributed by atoms with E-state index < -0.39 is 7.83 Å². The molecule has 0 spiro atoms. The molecule has 69 valence electrons. The molecule has 0 unspecified atom stereocenters. The second-order valence-electron chi connectivity index (χ2n) is 1.85. The molecule has 2 heterocycles. The van der Waals surface area contributed by atoms with Crippen molar-refractivity contribution in [3.63, 3.8) is 0 Å². The third-order valence-corrected chi connectivity index (χ3v) is 0.992. The van der Waals surface area contributed by atoms with E-state index in [0.29, 0.717) is 0 Å². The fourth-order valence-electron chi connectivity index (χ4n) is 0.556. The van der Waals surface area contributed by atoms with Crippen LogP contribution >= 0.6 is 0 Å². The van der Waals surface area contributed by atoms with E-state index in [1.165, 1.54) is 0 Å². The van der Waals surface area contributed by atoms with E-state index in [-0.39, 0.29) is 0 Å². The lowest BCUT2D eigenvalue weighted by Crippen LogP contribution is -1.45. The third kappa shape index (κ3) is 10.5. The number of H-pyrrole nitrogens is 2. The molecular weight excluding hydrogens is 173 g/mol. The van der Waals surface area contributed by atoms with Gasteiger partial charge in [0.05, 0.1) is 0 Å². The number of aromatic nitrogens is 2. The first-order chi connectivity index (χ1) is 6.41. The largest absolute Gasteiger partial charge is 0.577 e. The first-order valence-corrected chi connectivity index (χ1v) is 3.59. The molecule has 0 bridgehead atoms. The highest BCUT2D eigenvalue weighted by atomic mass is 19.2. The summed E-state index contributed by atoms with van der Waals surface area (Å²) in [5, 5.41) is 0. The van der Waals surface area contributed by atoms with Crippen LogP contribution in [0, 0.1) is 0 Å². The van der Waals surface area contributed by atoms with Crippen LogP contribution < -0.4 is 0 Å². The van der Waals surface area contributed by atoms with E-state index in [1.54, 1.807) is 0 Å². The fourth-order valence-corrected chi connectivity index (χ4v) is 0.556. The minimum absolute atomic E-state index is 1.00. The molecule has 0 atom stereocenters. The van der Waals surface area contributed by atoms with Gasteiger partial charge in [-0.25, -0.2) is 0 Å². The average Bonchev–Trinajstić information content (AvgIpc) is 2.85. The molecule has 5 heteroatoms. The maximum Gasteiger partial charge on any atom is 0.577 e. The van der Waals surface area contributed by atoms with Crippen LogP contribution in [0.3, 0.4) is 0 Å². The highest BCUT2D eigenvalue weighted by Crippen LogP contribution is 1.72. The van der Waals surface area contributed by atoms with E-state index >= 15 is 0 Å². The Kier molecular flexibility index (Phi) is 9.26. The molecule has 0 aliphatic rings. The molecule has 13 heavy (non-hydrogen) atoms. The lowest BCUT2D eigenvalue weighted by molar-refractivity contribution is 0.712. The first-order valence-electron chi connectivity index (χ1n) is 3.59. The Morgan fingerprint density at radius 3 is 1.00 bits per heavy atom. The molecule has 0 aliphatic carbocycles. The molecule has 2 aromatic rings. The maximum atomic E-state index is 9.50. The predicted octanol–water partition coefficient (Wildman–Crippen LogP) is 2.49. The molecule has 0 aliphatic heterocycles. The normalized spacial score (nSPS) is 7.23. The van der Waals surface area contributed by atoms with Gasteiger partial charge in [-0.15, -0.1) is 0 Å². The Labute approximate surface area is 76.3 Å². The minimum atomic E-state index is -1.00.